The molecular weight excluding hydrogens is 314 g/mol. The molecule has 1 aromatic heterocycles. The maximum absolute atomic E-state index is 12.5. The second-order valence-electron chi connectivity index (χ2n) is 7.49. The van der Waals surface area contributed by atoms with Crippen LogP contribution < -0.4 is 5.32 Å². The first-order chi connectivity index (χ1) is 12.1. The van der Waals surface area contributed by atoms with Crippen molar-refractivity contribution < 1.29 is 4.79 Å². The summed E-state index contributed by atoms with van der Waals surface area (Å²) in [7, 11) is 2.20. The number of piperidine rings is 1. The highest BCUT2D eigenvalue weighted by Crippen LogP contribution is 2.20. The van der Waals surface area contributed by atoms with E-state index in [1.165, 1.54) is 32.7 Å². The maximum Gasteiger partial charge on any atom is 0.317 e. The standard InChI is InChI=1S/C19H31N5O/c1-16(18-3-7-20-8-4-18)21-19(25)24-9-5-17(6-10-24)15-23-13-11-22(2)12-14-23/h3-4,7-8,16-17H,5-6,9-15H2,1-2H3,(H,21,25). The molecule has 2 aliphatic rings. The molecule has 1 N–H and O–H groups in total. The van der Waals surface area contributed by atoms with Gasteiger partial charge in [-0.25, -0.2) is 4.79 Å². The highest BCUT2D eigenvalue weighted by Gasteiger charge is 2.26. The van der Waals surface area contributed by atoms with E-state index >= 15 is 0 Å². The topological polar surface area (TPSA) is 51.7 Å². The Morgan fingerprint density at radius 2 is 1.80 bits per heavy atom. The molecule has 0 saturated carbocycles. The predicted molar refractivity (Wildman–Crippen MR) is 99.4 cm³/mol. The van der Waals surface area contributed by atoms with E-state index in [4.69, 9.17) is 0 Å². The summed E-state index contributed by atoms with van der Waals surface area (Å²) >= 11 is 0. The molecule has 0 bridgehead atoms. The second-order valence-corrected chi connectivity index (χ2v) is 7.49. The Bertz CT molecular complexity index is 536. The summed E-state index contributed by atoms with van der Waals surface area (Å²) in [6.45, 7) is 9.66. The van der Waals surface area contributed by atoms with E-state index in [-0.39, 0.29) is 12.1 Å². The van der Waals surface area contributed by atoms with Crippen molar-refractivity contribution in [3.05, 3.63) is 30.1 Å². The van der Waals surface area contributed by atoms with E-state index in [2.05, 4.69) is 27.1 Å². The predicted octanol–water partition coefficient (Wildman–Crippen LogP) is 1.81. The highest BCUT2D eigenvalue weighted by molar-refractivity contribution is 5.74. The zero-order valence-electron chi connectivity index (χ0n) is 15.5. The Labute approximate surface area is 151 Å². The van der Waals surface area contributed by atoms with Crippen molar-refractivity contribution in [3.63, 3.8) is 0 Å². The van der Waals surface area contributed by atoms with Crippen molar-refractivity contribution in [1.82, 2.24) is 25.0 Å². The van der Waals surface area contributed by atoms with Crippen molar-refractivity contribution in [2.75, 3.05) is 52.9 Å². The third kappa shape index (κ3) is 5.16. The van der Waals surface area contributed by atoms with Crippen LogP contribution in [0.15, 0.2) is 24.5 Å². The van der Waals surface area contributed by atoms with Gasteiger partial charge < -0.3 is 20.0 Å². The number of hydrogen-bond donors (Lipinski definition) is 1. The lowest BCUT2D eigenvalue weighted by Gasteiger charge is -2.38. The Kier molecular flexibility index (Phi) is 6.26. The molecule has 6 nitrogen and oxygen atoms in total. The first kappa shape index (κ1) is 18.1. The van der Waals surface area contributed by atoms with Crippen LogP contribution in [0.25, 0.3) is 0 Å². The summed E-state index contributed by atoms with van der Waals surface area (Å²) in [6.07, 6.45) is 5.76. The number of nitrogens with zero attached hydrogens (tertiary/aromatic N) is 4. The van der Waals surface area contributed by atoms with Gasteiger partial charge in [-0.05, 0) is 50.4 Å². The van der Waals surface area contributed by atoms with Gasteiger partial charge in [0, 0.05) is 58.2 Å². The van der Waals surface area contributed by atoms with Gasteiger partial charge in [0.15, 0.2) is 0 Å². The lowest BCUT2D eigenvalue weighted by Crippen LogP contribution is -2.49. The average molecular weight is 345 g/mol. The van der Waals surface area contributed by atoms with Gasteiger partial charge in [-0.3, -0.25) is 4.98 Å². The molecule has 1 unspecified atom stereocenters. The first-order valence-electron chi connectivity index (χ1n) is 9.48. The van der Waals surface area contributed by atoms with Crippen molar-refractivity contribution in [3.8, 4) is 0 Å². The van der Waals surface area contributed by atoms with Crippen LogP contribution in [0.3, 0.4) is 0 Å². The van der Waals surface area contributed by atoms with Gasteiger partial charge >= 0.3 is 6.03 Å². The summed E-state index contributed by atoms with van der Waals surface area (Å²) in [4.78, 5) is 23.5. The number of likely N-dealkylation sites (tertiary alicyclic amines) is 1. The number of carbonyl (C=O) groups is 1. The van der Waals surface area contributed by atoms with Crippen LogP contribution in [0.1, 0.15) is 31.4 Å². The van der Waals surface area contributed by atoms with E-state index in [0.29, 0.717) is 0 Å². The van der Waals surface area contributed by atoms with Crippen molar-refractivity contribution in [2.45, 2.75) is 25.8 Å². The molecule has 2 amide bonds. The quantitative estimate of drug-likeness (QED) is 0.904. The van der Waals surface area contributed by atoms with Crippen LogP contribution in [0.2, 0.25) is 0 Å². The van der Waals surface area contributed by atoms with Gasteiger partial charge in [0.25, 0.3) is 0 Å². The molecule has 1 atom stereocenters. The summed E-state index contributed by atoms with van der Waals surface area (Å²) in [5.41, 5.74) is 1.09. The number of carbonyl (C=O) groups excluding carboxylic acids is 1. The van der Waals surface area contributed by atoms with E-state index in [1.54, 1.807) is 12.4 Å². The molecule has 0 aliphatic carbocycles. The van der Waals surface area contributed by atoms with Crippen molar-refractivity contribution in [1.29, 1.82) is 0 Å². The Hall–Kier alpha value is -1.66. The minimum Gasteiger partial charge on any atom is -0.331 e. The average Bonchev–Trinajstić information content (AvgIpc) is 2.65. The first-order valence-corrected chi connectivity index (χ1v) is 9.48. The van der Waals surface area contributed by atoms with Crippen LogP contribution in [-0.2, 0) is 0 Å². The molecule has 2 saturated heterocycles. The van der Waals surface area contributed by atoms with Gasteiger partial charge in [0.2, 0.25) is 0 Å². The number of nitrogens with one attached hydrogen (secondary N) is 1. The minimum atomic E-state index is 0.0126. The minimum absolute atomic E-state index is 0.0126. The summed E-state index contributed by atoms with van der Waals surface area (Å²) in [5, 5.41) is 3.11. The number of pyridine rings is 1. The third-order valence-corrected chi connectivity index (χ3v) is 5.56. The molecule has 25 heavy (non-hydrogen) atoms. The van der Waals surface area contributed by atoms with Crippen molar-refractivity contribution >= 4 is 6.03 Å². The normalized spacial score (nSPS) is 21.9. The van der Waals surface area contributed by atoms with E-state index in [0.717, 1.165) is 37.4 Å². The number of rotatable bonds is 4. The second kappa shape index (κ2) is 8.63. The smallest absolute Gasteiger partial charge is 0.317 e. The van der Waals surface area contributed by atoms with Crippen LogP contribution in [0.4, 0.5) is 4.79 Å². The van der Waals surface area contributed by atoms with Gasteiger partial charge in [0.05, 0.1) is 6.04 Å². The molecule has 0 aromatic carbocycles. The molecule has 0 spiro atoms. The third-order valence-electron chi connectivity index (χ3n) is 5.56. The molecule has 6 heteroatoms. The lowest BCUT2D eigenvalue weighted by molar-refractivity contribution is 0.110. The monoisotopic (exact) mass is 345 g/mol. The molecule has 0 radical (unpaired) electrons. The van der Waals surface area contributed by atoms with Gasteiger partial charge in [0.1, 0.15) is 0 Å². The van der Waals surface area contributed by atoms with Crippen LogP contribution >= 0.6 is 0 Å². The Morgan fingerprint density at radius 1 is 1.16 bits per heavy atom. The Balaban J connectivity index is 1.40. The number of likely N-dealkylation sites (N-methyl/N-ethyl adjacent to an activating group) is 1. The summed E-state index contributed by atoms with van der Waals surface area (Å²) < 4.78 is 0. The highest BCUT2D eigenvalue weighted by atomic mass is 16.2. The van der Waals surface area contributed by atoms with Crippen LogP contribution in [0.5, 0.6) is 0 Å². The van der Waals surface area contributed by atoms with Gasteiger partial charge in [-0.15, -0.1) is 0 Å². The SMILES string of the molecule is CC(NC(=O)N1CCC(CN2CCN(C)CC2)CC1)c1ccncc1. The summed E-state index contributed by atoms with van der Waals surface area (Å²) in [5.74, 6) is 0.727. The molecule has 1 aromatic rings. The molecule has 2 fully saturated rings. The summed E-state index contributed by atoms with van der Waals surface area (Å²) in [6, 6.07) is 3.97. The Morgan fingerprint density at radius 3 is 2.44 bits per heavy atom. The largest absolute Gasteiger partial charge is 0.331 e. The van der Waals surface area contributed by atoms with E-state index in [1.807, 2.05) is 24.0 Å². The van der Waals surface area contributed by atoms with Gasteiger partial charge in [-0.2, -0.15) is 0 Å². The van der Waals surface area contributed by atoms with E-state index in [9.17, 15) is 4.79 Å². The van der Waals surface area contributed by atoms with Crippen molar-refractivity contribution in [2.24, 2.45) is 5.92 Å². The number of urea groups is 1. The number of aromatic nitrogens is 1. The fourth-order valence-corrected chi connectivity index (χ4v) is 3.73. The van der Waals surface area contributed by atoms with E-state index < -0.39 is 0 Å². The molecule has 2 aliphatic heterocycles. The molecule has 3 heterocycles. The molecular formula is C19H31N5O. The molecule has 138 valence electrons. The lowest BCUT2D eigenvalue weighted by atomic mass is 9.96. The number of piperazine rings is 1. The zero-order chi connectivity index (χ0) is 17.6. The molecule has 3 rings (SSSR count). The van der Waals surface area contributed by atoms with Crippen LogP contribution in [0, 0.1) is 5.92 Å². The van der Waals surface area contributed by atoms with Crippen LogP contribution in [-0.4, -0.2) is 78.6 Å². The number of amides is 2. The maximum atomic E-state index is 12.5. The zero-order valence-corrected chi connectivity index (χ0v) is 15.5. The fraction of sp³-hybridized carbons (Fsp3) is 0.684. The number of hydrogen-bond acceptors (Lipinski definition) is 4. The van der Waals surface area contributed by atoms with Gasteiger partial charge in [-0.1, -0.05) is 0 Å². The fourth-order valence-electron chi connectivity index (χ4n) is 3.73.